The van der Waals surface area contributed by atoms with Crippen molar-refractivity contribution in [3.8, 4) is 22.6 Å². The number of halogens is 3. The number of amides is 1. The van der Waals surface area contributed by atoms with Crippen molar-refractivity contribution in [3.63, 3.8) is 0 Å². The molecular formula is C23H19ClF2N4O3. The van der Waals surface area contributed by atoms with E-state index in [2.05, 4.69) is 16.5 Å². The maximum absolute atomic E-state index is 15.8. The molecule has 0 spiro atoms. The molecule has 0 radical (unpaired) electrons. The lowest BCUT2D eigenvalue weighted by Gasteiger charge is -2.44. The highest BCUT2D eigenvalue weighted by molar-refractivity contribution is 6.36. The first-order valence-corrected chi connectivity index (χ1v) is 10.7. The Hall–Kier alpha value is -3.46. The summed E-state index contributed by atoms with van der Waals surface area (Å²) in [5, 5.41) is 10.3. The Balaban J connectivity index is 1.73. The molecule has 2 atom stereocenters. The summed E-state index contributed by atoms with van der Waals surface area (Å²) in [5.41, 5.74) is -0.814. The number of phenolic OH excluding ortho intramolecular Hbond substituents is 1. The van der Waals surface area contributed by atoms with Gasteiger partial charge in [-0.3, -0.25) is 4.79 Å². The first kappa shape index (κ1) is 21.4. The van der Waals surface area contributed by atoms with Crippen molar-refractivity contribution in [1.82, 2.24) is 14.9 Å². The summed E-state index contributed by atoms with van der Waals surface area (Å²) in [6, 6.07) is 3.21. The molecular weight excluding hydrogens is 454 g/mol. The molecule has 10 heteroatoms. The molecule has 170 valence electrons. The molecule has 5 rings (SSSR count). The molecule has 1 fully saturated rings. The monoisotopic (exact) mass is 472 g/mol. The van der Waals surface area contributed by atoms with Crippen LogP contribution in [-0.4, -0.2) is 57.7 Å². The Labute approximate surface area is 192 Å². The summed E-state index contributed by atoms with van der Waals surface area (Å²) >= 11 is 6.58. The van der Waals surface area contributed by atoms with E-state index in [0.29, 0.717) is 18.9 Å². The predicted molar refractivity (Wildman–Crippen MR) is 120 cm³/mol. The Kier molecular flexibility index (Phi) is 5.08. The van der Waals surface area contributed by atoms with Gasteiger partial charge in [0.25, 0.3) is 0 Å². The van der Waals surface area contributed by atoms with E-state index in [4.69, 9.17) is 16.3 Å². The number of ether oxygens (including phenoxy) is 1. The second-order valence-electron chi connectivity index (χ2n) is 8.05. The average molecular weight is 473 g/mol. The number of benzene rings is 2. The van der Waals surface area contributed by atoms with Crippen LogP contribution in [0.25, 0.3) is 22.0 Å². The highest BCUT2D eigenvalue weighted by Crippen LogP contribution is 2.49. The van der Waals surface area contributed by atoms with Gasteiger partial charge in [-0.2, -0.15) is 0 Å². The molecule has 7 nitrogen and oxygen atoms in total. The quantitative estimate of drug-likeness (QED) is 0.570. The van der Waals surface area contributed by atoms with Gasteiger partial charge in [0.1, 0.15) is 35.8 Å². The van der Waals surface area contributed by atoms with Crippen LogP contribution in [0.2, 0.25) is 5.02 Å². The number of aromatic nitrogens is 2. The van der Waals surface area contributed by atoms with Gasteiger partial charge in [0, 0.05) is 24.7 Å². The van der Waals surface area contributed by atoms with Gasteiger partial charge in [0.2, 0.25) is 5.91 Å². The lowest BCUT2D eigenvalue weighted by atomic mass is 10.00. The lowest BCUT2D eigenvalue weighted by Crippen LogP contribution is -2.60. The molecule has 0 aliphatic carbocycles. The number of rotatable bonds is 2. The Morgan fingerprint density at radius 1 is 1.30 bits per heavy atom. The number of aromatic hydroxyl groups is 1. The van der Waals surface area contributed by atoms with E-state index in [1.54, 1.807) is 4.90 Å². The van der Waals surface area contributed by atoms with Gasteiger partial charge in [-0.05, 0) is 25.1 Å². The molecule has 0 bridgehead atoms. The van der Waals surface area contributed by atoms with Gasteiger partial charge in [-0.1, -0.05) is 24.2 Å². The zero-order chi connectivity index (χ0) is 23.4. The molecule has 1 aromatic heterocycles. The highest BCUT2D eigenvalue weighted by Gasteiger charge is 2.39. The lowest BCUT2D eigenvalue weighted by molar-refractivity contribution is -0.129. The smallest absolute Gasteiger partial charge is 0.246 e. The van der Waals surface area contributed by atoms with Crippen LogP contribution in [0.1, 0.15) is 6.92 Å². The summed E-state index contributed by atoms with van der Waals surface area (Å²) in [6.07, 6.45) is 2.48. The molecule has 1 saturated heterocycles. The molecule has 2 aliphatic heterocycles. The van der Waals surface area contributed by atoms with Gasteiger partial charge in [-0.15, -0.1) is 0 Å². The van der Waals surface area contributed by atoms with Gasteiger partial charge in [-0.25, -0.2) is 18.7 Å². The molecule has 3 aromatic rings. The van der Waals surface area contributed by atoms with Crippen LogP contribution in [0.15, 0.2) is 37.2 Å². The topological polar surface area (TPSA) is 78.8 Å². The van der Waals surface area contributed by atoms with Gasteiger partial charge in [0.05, 0.1) is 22.0 Å². The zero-order valence-electron chi connectivity index (χ0n) is 17.6. The first-order valence-electron chi connectivity index (χ1n) is 10.3. The highest BCUT2D eigenvalue weighted by atomic mass is 35.5. The number of hydrogen-bond donors (Lipinski definition) is 1. The standard InChI is InChI=1S/C23H19ClF2N4O3/c1-3-15(32)29-8-12-9-33-22-18-21(27-10-28-23(18)30(12)7-11(29)2)20(26)17(19(22)24)16-13(25)5-4-6-14(16)31/h3-6,10-12,31H,1,7-9H2,2H3/t11-,12-/m0/s1. The molecule has 1 amide bonds. The van der Waals surface area contributed by atoms with Crippen LogP contribution in [0, 0.1) is 11.6 Å². The summed E-state index contributed by atoms with van der Waals surface area (Å²) in [5.74, 6) is -1.87. The number of nitrogens with zero attached hydrogens (tertiary/aromatic N) is 4. The van der Waals surface area contributed by atoms with Crippen molar-refractivity contribution >= 4 is 34.2 Å². The minimum Gasteiger partial charge on any atom is -0.507 e. The van der Waals surface area contributed by atoms with E-state index in [-0.39, 0.29) is 57.4 Å². The Bertz CT molecular complexity index is 1300. The number of carbonyl (C=O) groups excluding carboxylic acids is 1. The number of anilines is 1. The zero-order valence-corrected chi connectivity index (χ0v) is 18.3. The van der Waals surface area contributed by atoms with E-state index in [1.165, 1.54) is 24.5 Å². The number of fused-ring (bicyclic) bond motifs is 2. The molecule has 0 unspecified atom stereocenters. The van der Waals surface area contributed by atoms with Crippen molar-refractivity contribution < 1.29 is 23.4 Å². The van der Waals surface area contributed by atoms with Crippen LogP contribution < -0.4 is 9.64 Å². The summed E-state index contributed by atoms with van der Waals surface area (Å²) in [7, 11) is 0. The largest absolute Gasteiger partial charge is 0.507 e. The Morgan fingerprint density at radius 3 is 2.82 bits per heavy atom. The van der Waals surface area contributed by atoms with Crippen LogP contribution >= 0.6 is 11.6 Å². The minimum absolute atomic E-state index is 0.102. The van der Waals surface area contributed by atoms with Gasteiger partial charge in [0.15, 0.2) is 11.6 Å². The number of carbonyl (C=O) groups is 1. The average Bonchev–Trinajstić information content (AvgIpc) is 2.96. The van der Waals surface area contributed by atoms with E-state index < -0.39 is 17.4 Å². The van der Waals surface area contributed by atoms with E-state index in [0.717, 1.165) is 6.07 Å². The first-order chi connectivity index (χ1) is 15.8. The molecule has 3 heterocycles. The molecule has 2 aromatic carbocycles. The van der Waals surface area contributed by atoms with Gasteiger partial charge < -0.3 is 19.6 Å². The molecule has 0 saturated carbocycles. The molecule has 1 N–H and O–H groups in total. The number of piperazine rings is 1. The fourth-order valence-electron chi connectivity index (χ4n) is 4.57. The van der Waals surface area contributed by atoms with Crippen molar-refractivity contribution in [3.05, 3.63) is 53.8 Å². The van der Waals surface area contributed by atoms with Crippen LogP contribution in [0.3, 0.4) is 0 Å². The van der Waals surface area contributed by atoms with E-state index >= 15 is 4.39 Å². The minimum atomic E-state index is -0.890. The summed E-state index contributed by atoms with van der Waals surface area (Å²) in [6.45, 7) is 6.35. The second-order valence-corrected chi connectivity index (χ2v) is 8.43. The fraction of sp³-hybridized carbons (Fsp3) is 0.261. The normalized spacial score (nSPS) is 19.6. The van der Waals surface area contributed by atoms with E-state index in [9.17, 15) is 14.3 Å². The van der Waals surface area contributed by atoms with Crippen molar-refractivity contribution in [2.24, 2.45) is 0 Å². The summed E-state index contributed by atoms with van der Waals surface area (Å²) in [4.78, 5) is 24.4. The van der Waals surface area contributed by atoms with Crippen LogP contribution in [0.4, 0.5) is 14.6 Å². The van der Waals surface area contributed by atoms with Crippen LogP contribution in [0.5, 0.6) is 11.5 Å². The maximum atomic E-state index is 15.8. The number of phenols is 1. The van der Waals surface area contributed by atoms with Crippen molar-refractivity contribution in [1.29, 1.82) is 0 Å². The van der Waals surface area contributed by atoms with Gasteiger partial charge >= 0.3 is 0 Å². The van der Waals surface area contributed by atoms with Crippen molar-refractivity contribution in [2.45, 2.75) is 19.0 Å². The molecule has 33 heavy (non-hydrogen) atoms. The Morgan fingerprint density at radius 2 is 2.09 bits per heavy atom. The predicted octanol–water partition coefficient (Wildman–Crippen LogP) is 3.92. The third-order valence-electron chi connectivity index (χ3n) is 6.13. The molecule has 2 aliphatic rings. The SMILES string of the molecule is C=CC(=O)N1C[C@H]2COc3c(Cl)c(-c4c(O)cccc4F)c(F)c4ncnc(c34)N2C[C@@H]1C. The fourth-order valence-corrected chi connectivity index (χ4v) is 4.89. The summed E-state index contributed by atoms with van der Waals surface area (Å²) < 4.78 is 36.4. The second kappa shape index (κ2) is 7.84. The van der Waals surface area contributed by atoms with Crippen molar-refractivity contribution in [2.75, 3.05) is 24.6 Å². The van der Waals surface area contributed by atoms with E-state index in [1.807, 2.05) is 11.8 Å². The maximum Gasteiger partial charge on any atom is 0.246 e. The van der Waals surface area contributed by atoms with Crippen LogP contribution in [-0.2, 0) is 4.79 Å². The third kappa shape index (κ3) is 3.18. The number of hydrogen-bond acceptors (Lipinski definition) is 6. The third-order valence-corrected chi connectivity index (χ3v) is 6.49.